The molecule has 0 aliphatic rings. The fourth-order valence-corrected chi connectivity index (χ4v) is 4.41. The maximum absolute atomic E-state index is 13.5. The van der Waals surface area contributed by atoms with Gasteiger partial charge >= 0.3 is 10.2 Å². The minimum absolute atomic E-state index is 0.0977. The van der Waals surface area contributed by atoms with Gasteiger partial charge in [0.05, 0.1) is 5.69 Å². The van der Waals surface area contributed by atoms with Crippen LogP contribution in [0.25, 0.3) is 0 Å². The lowest BCUT2D eigenvalue weighted by molar-refractivity contribution is -0.139. The highest BCUT2D eigenvalue weighted by molar-refractivity contribution is 9.10. The van der Waals surface area contributed by atoms with E-state index in [1.165, 1.54) is 19.0 Å². The zero-order chi connectivity index (χ0) is 24.8. The Hall–Kier alpha value is -2.43. The van der Waals surface area contributed by atoms with Crippen molar-refractivity contribution in [3.8, 4) is 0 Å². The van der Waals surface area contributed by atoms with Crippen molar-refractivity contribution < 1.29 is 18.0 Å². The van der Waals surface area contributed by atoms with Crippen molar-refractivity contribution in [1.29, 1.82) is 0 Å². The molecule has 8 nitrogen and oxygen atoms in total. The third-order valence-corrected chi connectivity index (χ3v) is 7.28. The minimum Gasteiger partial charge on any atom is -0.352 e. The summed E-state index contributed by atoms with van der Waals surface area (Å²) >= 11 is 3.39. The van der Waals surface area contributed by atoms with Gasteiger partial charge in [0.15, 0.2) is 0 Å². The number of nitrogens with one attached hydrogen (secondary N) is 1. The van der Waals surface area contributed by atoms with E-state index in [0.29, 0.717) is 5.69 Å². The molecular weight excluding hydrogens is 508 g/mol. The highest BCUT2D eigenvalue weighted by atomic mass is 79.9. The van der Waals surface area contributed by atoms with Gasteiger partial charge in [-0.2, -0.15) is 12.7 Å². The quantitative estimate of drug-likeness (QED) is 0.503. The van der Waals surface area contributed by atoms with Crippen LogP contribution in [0.1, 0.15) is 26.3 Å². The number of halogens is 1. The number of carbonyl (C=O) groups is 2. The van der Waals surface area contributed by atoms with Crippen LogP contribution in [0.3, 0.4) is 0 Å². The number of carbonyl (C=O) groups excluding carboxylic acids is 2. The molecule has 0 heterocycles. The minimum atomic E-state index is -3.95. The molecular formula is C23H31BrN4O4S. The fourth-order valence-electron chi connectivity index (χ4n) is 3.09. The normalized spacial score (nSPS) is 12.5. The standard InChI is InChI=1S/C23H31BrN4O4S/c1-17(2)25-23(30)18(3)27(15-19-11-13-20(24)14-12-19)22(29)16-28(33(31,32)26(4)5)21-9-7-6-8-10-21/h6-14,17-18H,15-16H2,1-5H3,(H,25,30). The number of hydrogen-bond acceptors (Lipinski definition) is 4. The summed E-state index contributed by atoms with van der Waals surface area (Å²) < 4.78 is 29.1. The number of benzene rings is 2. The molecule has 0 aliphatic heterocycles. The predicted molar refractivity (Wildman–Crippen MR) is 134 cm³/mol. The van der Waals surface area contributed by atoms with Gasteiger partial charge < -0.3 is 10.2 Å². The van der Waals surface area contributed by atoms with Crippen molar-refractivity contribution in [2.45, 2.75) is 39.4 Å². The van der Waals surface area contributed by atoms with E-state index >= 15 is 0 Å². The second-order valence-corrected chi connectivity index (χ2v) is 11.1. The highest BCUT2D eigenvalue weighted by Crippen LogP contribution is 2.21. The Morgan fingerprint density at radius 2 is 1.55 bits per heavy atom. The van der Waals surface area contributed by atoms with Crippen molar-refractivity contribution in [1.82, 2.24) is 14.5 Å². The van der Waals surface area contributed by atoms with Crippen LogP contribution in [0, 0.1) is 0 Å². The van der Waals surface area contributed by atoms with Crippen molar-refractivity contribution in [3.63, 3.8) is 0 Å². The average Bonchev–Trinajstić information content (AvgIpc) is 2.76. The number of nitrogens with zero attached hydrogens (tertiary/aromatic N) is 3. The molecule has 1 N–H and O–H groups in total. The molecule has 1 atom stereocenters. The average molecular weight is 539 g/mol. The molecule has 10 heteroatoms. The zero-order valence-corrected chi connectivity index (χ0v) is 21.9. The molecule has 0 saturated carbocycles. The predicted octanol–water partition coefficient (Wildman–Crippen LogP) is 3.00. The monoisotopic (exact) mass is 538 g/mol. The molecule has 2 aromatic carbocycles. The molecule has 1 unspecified atom stereocenters. The van der Waals surface area contributed by atoms with Crippen LogP contribution in [0.4, 0.5) is 5.69 Å². The first-order chi connectivity index (χ1) is 15.4. The van der Waals surface area contributed by atoms with Crippen molar-refractivity contribution in [3.05, 3.63) is 64.6 Å². The van der Waals surface area contributed by atoms with E-state index in [-0.39, 0.29) is 18.5 Å². The topological polar surface area (TPSA) is 90.0 Å². The Labute approximate surface area is 204 Å². The SMILES string of the molecule is CC(C)NC(=O)C(C)N(Cc1ccc(Br)cc1)C(=O)CN(c1ccccc1)S(=O)(=O)N(C)C. The molecule has 0 radical (unpaired) electrons. The van der Waals surface area contributed by atoms with Gasteiger partial charge in [-0.25, -0.2) is 4.31 Å². The number of anilines is 1. The summed E-state index contributed by atoms with van der Waals surface area (Å²) in [5.41, 5.74) is 1.18. The van der Waals surface area contributed by atoms with E-state index in [2.05, 4.69) is 21.2 Å². The molecule has 0 saturated heterocycles. The van der Waals surface area contributed by atoms with Gasteiger partial charge in [0.25, 0.3) is 0 Å². The smallest absolute Gasteiger partial charge is 0.304 e. The molecule has 0 aromatic heterocycles. The van der Waals surface area contributed by atoms with Crippen LogP contribution in [-0.2, 0) is 26.3 Å². The van der Waals surface area contributed by atoms with Gasteiger partial charge in [-0.15, -0.1) is 0 Å². The van der Waals surface area contributed by atoms with E-state index in [1.807, 2.05) is 38.1 Å². The Morgan fingerprint density at radius 1 is 0.970 bits per heavy atom. The first kappa shape index (κ1) is 26.8. The molecule has 0 fully saturated rings. The largest absolute Gasteiger partial charge is 0.352 e. The number of rotatable bonds is 10. The Kier molecular flexibility index (Phi) is 9.45. The lowest BCUT2D eigenvalue weighted by Gasteiger charge is -2.33. The summed E-state index contributed by atoms with van der Waals surface area (Å²) in [4.78, 5) is 27.7. The second-order valence-electron chi connectivity index (χ2n) is 8.12. The van der Waals surface area contributed by atoms with Gasteiger partial charge in [-0.1, -0.05) is 46.3 Å². The summed E-state index contributed by atoms with van der Waals surface area (Å²) in [5, 5.41) is 2.83. The van der Waals surface area contributed by atoms with Gasteiger partial charge in [0.2, 0.25) is 11.8 Å². The molecule has 2 rings (SSSR count). The van der Waals surface area contributed by atoms with Crippen LogP contribution in [0.2, 0.25) is 0 Å². The Bertz CT molecular complexity index is 1040. The van der Waals surface area contributed by atoms with Gasteiger partial charge in [-0.05, 0) is 50.6 Å². The van der Waals surface area contributed by atoms with Crippen LogP contribution in [0.15, 0.2) is 59.1 Å². The van der Waals surface area contributed by atoms with E-state index in [4.69, 9.17) is 0 Å². The lowest BCUT2D eigenvalue weighted by atomic mass is 10.1. The second kappa shape index (κ2) is 11.6. The number of para-hydroxylation sites is 1. The first-order valence-electron chi connectivity index (χ1n) is 10.5. The van der Waals surface area contributed by atoms with Gasteiger partial charge in [0.1, 0.15) is 12.6 Å². The molecule has 0 bridgehead atoms. The Balaban J connectivity index is 2.41. The summed E-state index contributed by atoms with van der Waals surface area (Å²) in [6.07, 6.45) is 0. The Morgan fingerprint density at radius 3 is 2.06 bits per heavy atom. The van der Waals surface area contributed by atoms with Crippen LogP contribution >= 0.6 is 15.9 Å². The summed E-state index contributed by atoms with van der Waals surface area (Å²) in [6.45, 7) is 5.03. The molecule has 0 spiro atoms. The van der Waals surface area contributed by atoms with E-state index in [1.54, 1.807) is 37.3 Å². The third-order valence-electron chi connectivity index (χ3n) is 4.93. The van der Waals surface area contributed by atoms with Crippen LogP contribution in [-0.4, -0.2) is 62.2 Å². The van der Waals surface area contributed by atoms with E-state index in [9.17, 15) is 18.0 Å². The zero-order valence-electron chi connectivity index (χ0n) is 19.5. The molecule has 2 amide bonds. The van der Waals surface area contributed by atoms with E-state index < -0.39 is 28.7 Å². The number of hydrogen-bond donors (Lipinski definition) is 1. The summed E-state index contributed by atoms with van der Waals surface area (Å²) in [7, 11) is -1.13. The summed E-state index contributed by atoms with van der Waals surface area (Å²) in [5.74, 6) is -0.796. The fraction of sp³-hybridized carbons (Fsp3) is 0.391. The molecule has 180 valence electrons. The van der Waals surface area contributed by atoms with Gasteiger partial charge in [-0.3, -0.25) is 9.59 Å². The maximum Gasteiger partial charge on any atom is 0.304 e. The third kappa shape index (κ3) is 7.28. The van der Waals surface area contributed by atoms with Crippen molar-refractivity contribution in [2.24, 2.45) is 0 Å². The maximum atomic E-state index is 13.5. The highest BCUT2D eigenvalue weighted by Gasteiger charge is 2.32. The van der Waals surface area contributed by atoms with Crippen LogP contribution in [0.5, 0.6) is 0 Å². The molecule has 33 heavy (non-hydrogen) atoms. The van der Waals surface area contributed by atoms with Crippen molar-refractivity contribution in [2.75, 3.05) is 24.9 Å². The molecule has 2 aromatic rings. The van der Waals surface area contributed by atoms with Gasteiger partial charge in [0, 0.05) is 31.2 Å². The lowest BCUT2D eigenvalue weighted by Crippen LogP contribution is -2.53. The number of amides is 2. The van der Waals surface area contributed by atoms with E-state index in [0.717, 1.165) is 18.6 Å². The first-order valence-corrected chi connectivity index (χ1v) is 12.7. The van der Waals surface area contributed by atoms with Crippen LogP contribution < -0.4 is 9.62 Å². The van der Waals surface area contributed by atoms with Crippen molar-refractivity contribution >= 4 is 43.6 Å². The summed E-state index contributed by atoms with van der Waals surface area (Å²) in [6, 6.07) is 14.9. The molecule has 0 aliphatic carbocycles.